The molecule has 0 spiro atoms. The number of aromatic nitrogens is 3. The molecule has 2 aromatic heterocycles. The Kier molecular flexibility index (Phi) is 4.46. The number of urea groups is 1. The van der Waals surface area contributed by atoms with Crippen molar-refractivity contribution in [2.24, 2.45) is 0 Å². The number of benzene rings is 1. The second-order valence-corrected chi connectivity index (χ2v) is 6.03. The van der Waals surface area contributed by atoms with Crippen LogP contribution in [0.5, 0.6) is 0 Å². The minimum absolute atomic E-state index is 0.255. The van der Waals surface area contributed by atoms with Crippen molar-refractivity contribution in [1.29, 1.82) is 0 Å². The van der Waals surface area contributed by atoms with Crippen molar-refractivity contribution in [3.8, 4) is 0 Å². The molecule has 0 atom stereocenters. The van der Waals surface area contributed by atoms with Crippen LogP contribution >= 0.6 is 0 Å². The van der Waals surface area contributed by atoms with Crippen molar-refractivity contribution >= 4 is 22.6 Å². The van der Waals surface area contributed by atoms with Crippen LogP contribution in [0.1, 0.15) is 31.1 Å². The van der Waals surface area contributed by atoms with E-state index in [4.69, 9.17) is 0 Å². The summed E-state index contributed by atoms with van der Waals surface area (Å²) in [4.78, 5) is 16.4. The Bertz CT molecular complexity index is 869. The Morgan fingerprint density at radius 1 is 1.29 bits per heavy atom. The number of anilines is 1. The first kappa shape index (κ1) is 16.0. The number of carbonyl (C=O) groups excluding carboxylic acids is 1. The molecule has 0 unspecified atom stereocenters. The van der Waals surface area contributed by atoms with Crippen molar-refractivity contribution in [3.63, 3.8) is 0 Å². The zero-order valence-corrected chi connectivity index (χ0v) is 14.1. The molecule has 1 aromatic carbocycles. The number of aryl methyl sites for hydroxylation is 1. The molecule has 6 heteroatoms. The van der Waals surface area contributed by atoms with Gasteiger partial charge in [-0.3, -0.25) is 9.67 Å². The van der Waals surface area contributed by atoms with Gasteiger partial charge < -0.3 is 10.6 Å². The van der Waals surface area contributed by atoms with E-state index in [0.717, 1.165) is 27.8 Å². The predicted octanol–water partition coefficient (Wildman–Crippen LogP) is 3.64. The third-order valence-corrected chi connectivity index (χ3v) is 3.88. The third kappa shape index (κ3) is 3.37. The molecule has 0 fully saturated rings. The fraction of sp³-hybridized carbons (Fsp3) is 0.278. The van der Waals surface area contributed by atoms with Gasteiger partial charge in [-0.15, -0.1) is 0 Å². The van der Waals surface area contributed by atoms with Gasteiger partial charge in [0.1, 0.15) is 0 Å². The number of fused-ring (bicyclic) bond motifs is 1. The first-order chi connectivity index (χ1) is 11.5. The van der Waals surface area contributed by atoms with E-state index in [-0.39, 0.29) is 12.1 Å². The maximum absolute atomic E-state index is 12.1. The highest BCUT2D eigenvalue weighted by Crippen LogP contribution is 2.21. The number of nitrogens with zero attached hydrogens (tertiary/aromatic N) is 3. The summed E-state index contributed by atoms with van der Waals surface area (Å²) < 4.78 is 1.94. The Balaban J connectivity index is 1.69. The van der Waals surface area contributed by atoms with Crippen molar-refractivity contribution in [1.82, 2.24) is 20.1 Å². The van der Waals surface area contributed by atoms with E-state index in [2.05, 4.69) is 34.6 Å². The Morgan fingerprint density at radius 2 is 2.12 bits per heavy atom. The lowest BCUT2D eigenvalue weighted by molar-refractivity contribution is 0.251. The number of hydrogen-bond acceptors (Lipinski definition) is 3. The lowest BCUT2D eigenvalue weighted by Gasteiger charge is -2.10. The minimum Gasteiger partial charge on any atom is -0.332 e. The van der Waals surface area contributed by atoms with Crippen LogP contribution in [0.25, 0.3) is 10.9 Å². The minimum atomic E-state index is -0.255. The molecule has 0 aliphatic rings. The van der Waals surface area contributed by atoms with Crippen LogP contribution in [0.4, 0.5) is 10.5 Å². The molecule has 3 aromatic rings. The molecule has 2 amide bonds. The summed E-state index contributed by atoms with van der Waals surface area (Å²) in [6, 6.07) is 9.64. The fourth-order valence-corrected chi connectivity index (χ4v) is 2.57. The van der Waals surface area contributed by atoms with E-state index in [0.29, 0.717) is 6.54 Å². The van der Waals surface area contributed by atoms with Gasteiger partial charge in [0.15, 0.2) is 0 Å². The third-order valence-electron chi connectivity index (χ3n) is 3.88. The van der Waals surface area contributed by atoms with E-state index in [1.54, 1.807) is 6.20 Å². The van der Waals surface area contributed by atoms with Gasteiger partial charge in [0.2, 0.25) is 0 Å². The maximum atomic E-state index is 12.1. The first-order valence-electron chi connectivity index (χ1n) is 7.97. The lowest BCUT2D eigenvalue weighted by atomic mass is 10.2. The topological polar surface area (TPSA) is 71.8 Å². The zero-order valence-electron chi connectivity index (χ0n) is 14.1. The molecule has 3 rings (SSSR count). The standard InChI is InChI=1S/C18H21N5O/c1-12(2)23-17-9-15(7-6-14(17)10-21-23)22-18(24)20-11-16-13(3)5-4-8-19-16/h4-10,12H,11H2,1-3H3,(H2,20,22,24). The molecule has 124 valence electrons. The highest BCUT2D eigenvalue weighted by atomic mass is 16.2. The number of carbonyl (C=O) groups is 1. The van der Waals surface area contributed by atoms with Gasteiger partial charge >= 0.3 is 6.03 Å². The zero-order chi connectivity index (χ0) is 17.1. The molecule has 0 radical (unpaired) electrons. The maximum Gasteiger partial charge on any atom is 0.319 e. The van der Waals surface area contributed by atoms with Crippen molar-refractivity contribution in [2.75, 3.05) is 5.32 Å². The van der Waals surface area contributed by atoms with Crippen LogP contribution < -0.4 is 10.6 Å². The van der Waals surface area contributed by atoms with Gasteiger partial charge in [0.25, 0.3) is 0 Å². The van der Waals surface area contributed by atoms with Crippen LogP contribution in [-0.2, 0) is 6.54 Å². The predicted molar refractivity (Wildman–Crippen MR) is 95.0 cm³/mol. The summed E-state index contributed by atoms with van der Waals surface area (Å²) >= 11 is 0. The summed E-state index contributed by atoms with van der Waals surface area (Å²) in [5, 5.41) is 11.1. The number of hydrogen-bond donors (Lipinski definition) is 2. The molecule has 6 nitrogen and oxygen atoms in total. The molecule has 2 N–H and O–H groups in total. The normalized spacial score (nSPS) is 11.0. The lowest BCUT2D eigenvalue weighted by Crippen LogP contribution is -2.28. The largest absolute Gasteiger partial charge is 0.332 e. The molecule has 0 saturated carbocycles. The fourth-order valence-electron chi connectivity index (χ4n) is 2.57. The highest BCUT2D eigenvalue weighted by Gasteiger charge is 2.08. The Hall–Kier alpha value is -2.89. The molecule has 0 bridgehead atoms. The first-order valence-corrected chi connectivity index (χ1v) is 7.97. The van der Waals surface area contributed by atoms with Gasteiger partial charge in [0, 0.05) is 23.3 Å². The van der Waals surface area contributed by atoms with Crippen molar-refractivity contribution in [2.45, 2.75) is 33.4 Å². The summed E-state index contributed by atoms with van der Waals surface area (Å²) in [5.41, 5.74) is 3.66. The Labute approximate surface area is 140 Å². The van der Waals surface area contributed by atoms with E-state index >= 15 is 0 Å². The molecule has 0 aliphatic heterocycles. The number of rotatable bonds is 4. The number of amides is 2. The summed E-state index contributed by atoms with van der Waals surface area (Å²) in [7, 11) is 0. The van der Waals surface area contributed by atoms with Gasteiger partial charge in [-0.2, -0.15) is 5.10 Å². The van der Waals surface area contributed by atoms with Gasteiger partial charge in [-0.25, -0.2) is 4.79 Å². The van der Waals surface area contributed by atoms with Gasteiger partial charge in [-0.05, 0) is 50.6 Å². The molecule has 0 aliphatic carbocycles. The molecular formula is C18H21N5O. The SMILES string of the molecule is Cc1cccnc1CNC(=O)Nc1ccc2cnn(C(C)C)c2c1. The second-order valence-electron chi connectivity index (χ2n) is 6.03. The number of nitrogens with one attached hydrogen (secondary N) is 2. The quantitative estimate of drug-likeness (QED) is 0.770. The smallest absolute Gasteiger partial charge is 0.319 e. The van der Waals surface area contributed by atoms with Crippen molar-refractivity contribution in [3.05, 3.63) is 54.0 Å². The van der Waals surface area contributed by atoms with Crippen LogP contribution in [0.15, 0.2) is 42.7 Å². The van der Waals surface area contributed by atoms with E-state index in [9.17, 15) is 4.79 Å². The van der Waals surface area contributed by atoms with Gasteiger partial charge in [-0.1, -0.05) is 6.07 Å². The summed E-state index contributed by atoms with van der Waals surface area (Å²) in [6.07, 6.45) is 3.56. The van der Waals surface area contributed by atoms with E-state index in [1.165, 1.54) is 0 Å². The van der Waals surface area contributed by atoms with Gasteiger partial charge in [0.05, 0.1) is 24.0 Å². The Morgan fingerprint density at radius 3 is 2.88 bits per heavy atom. The van der Waals surface area contributed by atoms with Crippen LogP contribution in [0.3, 0.4) is 0 Å². The molecule has 0 saturated heterocycles. The van der Waals surface area contributed by atoms with Crippen LogP contribution in [0, 0.1) is 6.92 Å². The highest BCUT2D eigenvalue weighted by molar-refractivity contribution is 5.92. The second kappa shape index (κ2) is 6.70. The molecule has 2 heterocycles. The number of pyridine rings is 1. The van der Waals surface area contributed by atoms with Crippen LogP contribution in [-0.4, -0.2) is 20.8 Å². The van der Waals surface area contributed by atoms with Crippen LogP contribution in [0.2, 0.25) is 0 Å². The van der Waals surface area contributed by atoms with Crippen molar-refractivity contribution < 1.29 is 4.79 Å². The summed E-state index contributed by atoms with van der Waals surface area (Å²) in [6.45, 7) is 6.52. The molecule has 24 heavy (non-hydrogen) atoms. The monoisotopic (exact) mass is 323 g/mol. The molecular weight excluding hydrogens is 302 g/mol. The summed E-state index contributed by atoms with van der Waals surface area (Å²) in [5.74, 6) is 0. The average Bonchev–Trinajstić information content (AvgIpc) is 2.97. The van der Waals surface area contributed by atoms with E-state index < -0.39 is 0 Å². The van der Waals surface area contributed by atoms with E-state index in [1.807, 2.05) is 48.1 Å². The average molecular weight is 323 g/mol.